The van der Waals surface area contributed by atoms with Crippen molar-refractivity contribution >= 4 is 10.9 Å². The zero-order chi connectivity index (χ0) is 17.6. The third-order valence-corrected chi connectivity index (χ3v) is 4.00. The van der Waals surface area contributed by atoms with Gasteiger partial charge < -0.3 is 19.8 Å². The van der Waals surface area contributed by atoms with Gasteiger partial charge in [-0.3, -0.25) is 4.79 Å². The Balaban J connectivity index is 2.03. The molecule has 0 spiro atoms. The maximum absolute atomic E-state index is 12.7. The number of fused-ring (bicyclic) bond motifs is 1. The highest BCUT2D eigenvalue weighted by atomic mass is 16.5. The molecule has 0 aliphatic heterocycles. The van der Waals surface area contributed by atoms with E-state index in [1.807, 2.05) is 61.5 Å². The number of pyridine rings is 1. The van der Waals surface area contributed by atoms with Crippen LogP contribution in [0.15, 0.2) is 59.4 Å². The van der Waals surface area contributed by atoms with Crippen LogP contribution in [0.1, 0.15) is 12.5 Å². The second-order valence-corrected chi connectivity index (χ2v) is 5.66. The Morgan fingerprint density at radius 3 is 2.56 bits per heavy atom. The maximum atomic E-state index is 12.7. The summed E-state index contributed by atoms with van der Waals surface area (Å²) in [5, 5.41) is 0.956. The van der Waals surface area contributed by atoms with Crippen LogP contribution in [0.25, 0.3) is 10.9 Å². The zero-order valence-electron chi connectivity index (χ0n) is 14.3. The number of benzene rings is 2. The van der Waals surface area contributed by atoms with E-state index in [9.17, 15) is 4.79 Å². The van der Waals surface area contributed by atoms with Gasteiger partial charge in [0.05, 0.1) is 12.1 Å². The fourth-order valence-electron chi connectivity index (χ4n) is 2.77. The van der Waals surface area contributed by atoms with Crippen molar-refractivity contribution in [2.24, 2.45) is 5.73 Å². The van der Waals surface area contributed by atoms with Gasteiger partial charge in [-0.05, 0) is 42.6 Å². The summed E-state index contributed by atoms with van der Waals surface area (Å²) in [4.78, 5) is 12.7. The van der Waals surface area contributed by atoms with E-state index in [0.29, 0.717) is 31.1 Å². The molecule has 25 heavy (non-hydrogen) atoms. The first-order valence-electron chi connectivity index (χ1n) is 8.40. The van der Waals surface area contributed by atoms with Crippen molar-refractivity contribution < 1.29 is 9.47 Å². The molecule has 0 saturated carbocycles. The number of aromatic nitrogens is 1. The second-order valence-electron chi connectivity index (χ2n) is 5.66. The SMILES string of the molecule is CCOCCn1c(=O)c(CN)cc2ccc(Oc3ccccc3)cc21. The minimum Gasteiger partial charge on any atom is -0.457 e. The molecule has 1 aromatic heterocycles. The largest absolute Gasteiger partial charge is 0.457 e. The van der Waals surface area contributed by atoms with Crippen LogP contribution in [0.2, 0.25) is 0 Å². The number of ether oxygens (including phenoxy) is 2. The molecule has 2 aromatic carbocycles. The molecule has 2 N–H and O–H groups in total. The van der Waals surface area contributed by atoms with E-state index >= 15 is 0 Å². The van der Waals surface area contributed by atoms with Gasteiger partial charge in [0, 0.05) is 31.3 Å². The number of nitrogens with zero attached hydrogens (tertiary/aromatic N) is 1. The Morgan fingerprint density at radius 2 is 1.84 bits per heavy atom. The van der Waals surface area contributed by atoms with Crippen LogP contribution >= 0.6 is 0 Å². The molecule has 0 saturated heterocycles. The van der Waals surface area contributed by atoms with Gasteiger partial charge in [-0.25, -0.2) is 0 Å². The lowest BCUT2D eigenvalue weighted by Crippen LogP contribution is -2.27. The van der Waals surface area contributed by atoms with Crippen LogP contribution in [0.5, 0.6) is 11.5 Å². The van der Waals surface area contributed by atoms with Crippen LogP contribution < -0.4 is 16.0 Å². The maximum Gasteiger partial charge on any atom is 0.255 e. The van der Waals surface area contributed by atoms with Crippen molar-refractivity contribution in [3.05, 3.63) is 70.5 Å². The Morgan fingerprint density at radius 1 is 1.04 bits per heavy atom. The van der Waals surface area contributed by atoms with Crippen LogP contribution in [0, 0.1) is 0 Å². The molecule has 130 valence electrons. The van der Waals surface area contributed by atoms with Crippen molar-refractivity contribution in [1.29, 1.82) is 0 Å². The summed E-state index contributed by atoms with van der Waals surface area (Å²) in [5.74, 6) is 1.44. The normalized spacial score (nSPS) is 11.0. The first kappa shape index (κ1) is 17.2. The van der Waals surface area contributed by atoms with Crippen LogP contribution in [-0.4, -0.2) is 17.8 Å². The first-order chi connectivity index (χ1) is 12.2. The van der Waals surface area contributed by atoms with E-state index in [0.717, 1.165) is 16.7 Å². The van der Waals surface area contributed by atoms with Gasteiger partial charge in [-0.1, -0.05) is 18.2 Å². The highest BCUT2D eigenvalue weighted by molar-refractivity contribution is 5.81. The van der Waals surface area contributed by atoms with E-state index in [1.165, 1.54) is 0 Å². The number of nitrogens with two attached hydrogens (primary N) is 1. The van der Waals surface area contributed by atoms with Crippen molar-refractivity contribution in [2.75, 3.05) is 13.2 Å². The Hall–Kier alpha value is -2.63. The van der Waals surface area contributed by atoms with Crippen molar-refractivity contribution in [3.63, 3.8) is 0 Å². The fourth-order valence-corrected chi connectivity index (χ4v) is 2.77. The van der Waals surface area contributed by atoms with E-state index in [2.05, 4.69) is 0 Å². The minimum absolute atomic E-state index is 0.0773. The molecule has 3 rings (SSSR count). The minimum atomic E-state index is -0.0773. The molecule has 0 fully saturated rings. The molecule has 0 radical (unpaired) electrons. The molecule has 0 aliphatic carbocycles. The molecule has 1 heterocycles. The average Bonchev–Trinajstić information content (AvgIpc) is 2.64. The van der Waals surface area contributed by atoms with Gasteiger partial charge in [-0.15, -0.1) is 0 Å². The van der Waals surface area contributed by atoms with E-state index in [-0.39, 0.29) is 12.1 Å². The topological polar surface area (TPSA) is 66.5 Å². The monoisotopic (exact) mass is 338 g/mol. The van der Waals surface area contributed by atoms with Gasteiger partial charge in [0.1, 0.15) is 11.5 Å². The Kier molecular flexibility index (Phi) is 5.48. The lowest BCUT2D eigenvalue weighted by Gasteiger charge is -2.14. The molecule has 0 unspecified atom stereocenters. The summed E-state index contributed by atoms with van der Waals surface area (Å²) in [7, 11) is 0. The predicted octanol–water partition coefficient (Wildman–Crippen LogP) is 3.29. The Labute approximate surface area is 146 Å². The van der Waals surface area contributed by atoms with Gasteiger partial charge >= 0.3 is 0 Å². The summed E-state index contributed by atoms with van der Waals surface area (Å²) in [6, 6.07) is 17.1. The highest BCUT2D eigenvalue weighted by Crippen LogP contribution is 2.25. The van der Waals surface area contributed by atoms with Crippen LogP contribution in [-0.2, 0) is 17.8 Å². The lowest BCUT2D eigenvalue weighted by molar-refractivity contribution is 0.139. The van der Waals surface area contributed by atoms with Crippen LogP contribution in [0.3, 0.4) is 0 Å². The fraction of sp³-hybridized carbons (Fsp3) is 0.250. The number of hydrogen-bond acceptors (Lipinski definition) is 4. The molecule has 3 aromatic rings. The summed E-state index contributed by atoms with van der Waals surface area (Å²) < 4.78 is 13.0. The molecule has 0 atom stereocenters. The predicted molar refractivity (Wildman–Crippen MR) is 99.1 cm³/mol. The zero-order valence-corrected chi connectivity index (χ0v) is 14.3. The Bertz CT molecular complexity index is 904. The lowest BCUT2D eigenvalue weighted by atomic mass is 10.1. The molecule has 5 nitrogen and oxygen atoms in total. The van der Waals surface area contributed by atoms with Crippen molar-refractivity contribution in [1.82, 2.24) is 4.57 Å². The molecule has 0 amide bonds. The van der Waals surface area contributed by atoms with E-state index in [1.54, 1.807) is 4.57 Å². The van der Waals surface area contributed by atoms with Gasteiger partial charge in [0.15, 0.2) is 0 Å². The molecular weight excluding hydrogens is 316 g/mol. The second kappa shape index (κ2) is 7.96. The first-order valence-corrected chi connectivity index (χ1v) is 8.40. The van der Waals surface area contributed by atoms with E-state index < -0.39 is 0 Å². The third-order valence-electron chi connectivity index (χ3n) is 4.00. The summed E-state index contributed by atoms with van der Waals surface area (Å²) in [5.41, 5.74) is 7.06. The van der Waals surface area contributed by atoms with Crippen LogP contribution in [0.4, 0.5) is 0 Å². The van der Waals surface area contributed by atoms with Gasteiger partial charge in [0.2, 0.25) is 0 Å². The number of rotatable bonds is 7. The van der Waals surface area contributed by atoms with Crippen molar-refractivity contribution in [3.8, 4) is 11.5 Å². The smallest absolute Gasteiger partial charge is 0.255 e. The molecule has 0 aliphatic rings. The summed E-state index contributed by atoms with van der Waals surface area (Å²) in [6.07, 6.45) is 0. The van der Waals surface area contributed by atoms with Gasteiger partial charge in [-0.2, -0.15) is 0 Å². The van der Waals surface area contributed by atoms with Crippen molar-refractivity contribution in [2.45, 2.75) is 20.0 Å². The quantitative estimate of drug-likeness (QED) is 0.671. The molecule has 5 heteroatoms. The molecular formula is C20H22N2O3. The average molecular weight is 338 g/mol. The summed E-state index contributed by atoms with van der Waals surface area (Å²) >= 11 is 0. The van der Waals surface area contributed by atoms with Gasteiger partial charge in [0.25, 0.3) is 5.56 Å². The molecule has 0 bridgehead atoms. The number of para-hydroxylation sites is 1. The number of hydrogen-bond donors (Lipinski definition) is 1. The highest BCUT2D eigenvalue weighted by Gasteiger charge is 2.10. The summed E-state index contributed by atoms with van der Waals surface area (Å²) in [6.45, 7) is 3.72. The van der Waals surface area contributed by atoms with E-state index in [4.69, 9.17) is 15.2 Å². The third kappa shape index (κ3) is 3.90. The standard InChI is InChI=1S/C20H22N2O3/c1-2-24-11-10-22-19-13-18(25-17-6-4-3-5-7-17)9-8-15(19)12-16(14-21)20(22)23/h3-9,12-13H,2,10-11,14,21H2,1H3.